The van der Waals surface area contributed by atoms with Crippen molar-refractivity contribution >= 4 is 5.97 Å². The molecule has 0 rings (SSSR count). The molecule has 9 heavy (non-hydrogen) atoms. The van der Waals surface area contributed by atoms with Crippen molar-refractivity contribution in [2.45, 2.75) is 6.42 Å². The smallest absolute Gasteiger partial charge is 0.304 e. The van der Waals surface area contributed by atoms with E-state index in [1.54, 1.807) is 0 Å². The molecule has 0 amide bonds. The van der Waals surface area contributed by atoms with Crippen molar-refractivity contribution in [3.05, 3.63) is 0 Å². The third-order valence-corrected chi connectivity index (χ3v) is 0.847. The summed E-state index contributed by atoms with van der Waals surface area (Å²) in [6, 6.07) is 0. The molecule has 0 unspecified atom stereocenters. The van der Waals surface area contributed by atoms with E-state index < -0.39 is 5.97 Å². The quantitative estimate of drug-likeness (QED) is 0.248. The van der Waals surface area contributed by atoms with Gasteiger partial charge in [-0.05, 0) is 0 Å². The molecule has 0 aromatic carbocycles. The van der Waals surface area contributed by atoms with E-state index in [4.69, 9.17) is 16.7 Å². The lowest BCUT2D eigenvalue weighted by Gasteiger charge is -2.10. The Morgan fingerprint density at radius 2 is 2.22 bits per heavy atom. The van der Waals surface area contributed by atoms with Crippen molar-refractivity contribution in [1.82, 2.24) is 5.01 Å². The molecule has 0 bridgehead atoms. The summed E-state index contributed by atoms with van der Waals surface area (Å²) >= 11 is 0. The number of hydrogen-bond donors (Lipinski definition) is 3. The summed E-state index contributed by atoms with van der Waals surface area (Å²) in [5.74, 6) is 4.30. The Balaban J connectivity index is 3.16. The maximum absolute atomic E-state index is 9.90. The molecule has 0 heterocycles. The van der Waals surface area contributed by atoms with Gasteiger partial charge in [-0.25, -0.2) is 5.01 Å². The predicted octanol–water partition coefficient (Wildman–Crippen LogP) is -1.45. The highest BCUT2D eigenvalue weighted by atomic mass is 16.4. The van der Waals surface area contributed by atoms with E-state index in [9.17, 15) is 4.79 Å². The summed E-state index contributed by atoms with van der Waals surface area (Å²) in [6.45, 7) is 0.485. The molecule has 0 atom stereocenters. The monoisotopic (exact) mass is 133 g/mol. The summed E-state index contributed by atoms with van der Waals surface area (Å²) in [5.41, 5.74) is 5.07. The van der Waals surface area contributed by atoms with Gasteiger partial charge >= 0.3 is 5.97 Å². The zero-order valence-corrected chi connectivity index (χ0v) is 5.08. The fourth-order valence-corrected chi connectivity index (χ4v) is 0.331. The van der Waals surface area contributed by atoms with E-state index in [0.29, 0.717) is 6.54 Å². The highest BCUT2D eigenvalue weighted by molar-refractivity contribution is 5.66. The molecule has 0 aromatic rings. The van der Waals surface area contributed by atoms with Gasteiger partial charge in [0.05, 0.1) is 13.1 Å². The van der Waals surface area contributed by atoms with Crippen LogP contribution in [0.5, 0.6) is 0 Å². The van der Waals surface area contributed by atoms with E-state index in [-0.39, 0.29) is 13.1 Å². The summed E-state index contributed by atoms with van der Waals surface area (Å²) in [6.07, 6.45) is 0.0354. The van der Waals surface area contributed by atoms with Gasteiger partial charge in [-0.2, -0.15) is 0 Å². The largest absolute Gasteiger partial charge is 0.481 e. The third-order valence-electron chi connectivity index (χ3n) is 0.847. The van der Waals surface area contributed by atoms with Gasteiger partial charge < -0.3 is 10.8 Å². The third kappa shape index (κ3) is 5.22. The number of aliphatic carboxylic acids is 1. The lowest BCUT2D eigenvalue weighted by atomic mass is 10.4. The van der Waals surface area contributed by atoms with Crippen LogP contribution in [0.25, 0.3) is 0 Å². The second-order valence-corrected chi connectivity index (χ2v) is 1.64. The minimum atomic E-state index is -0.862. The van der Waals surface area contributed by atoms with Gasteiger partial charge in [0, 0.05) is 6.54 Å². The molecule has 54 valence electrons. The molecular formula is C4H11N3O2. The molecule has 0 aliphatic carbocycles. The number of hydrogen-bond acceptors (Lipinski definition) is 4. The number of carbonyl (C=O) groups is 1. The normalized spacial score (nSPS) is 10.1. The first-order valence-corrected chi connectivity index (χ1v) is 2.58. The average molecular weight is 133 g/mol. The van der Waals surface area contributed by atoms with Crippen LogP contribution in [0.1, 0.15) is 6.42 Å². The highest BCUT2D eigenvalue weighted by Crippen LogP contribution is 1.79. The molecule has 0 aliphatic heterocycles. The molecule has 5 N–H and O–H groups in total. The molecule has 5 heteroatoms. The van der Waals surface area contributed by atoms with Crippen molar-refractivity contribution < 1.29 is 9.90 Å². The Labute approximate surface area is 53.2 Å². The molecule has 0 radical (unpaired) electrons. The van der Waals surface area contributed by atoms with Crippen LogP contribution < -0.4 is 11.6 Å². The van der Waals surface area contributed by atoms with Crippen molar-refractivity contribution in [2.24, 2.45) is 11.6 Å². The number of nitrogens with two attached hydrogens (primary N) is 2. The van der Waals surface area contributed by atoms with Crippen molar-refractivity contribution in [1.29, 1.82) is 0 Å². The van der Waals surface area contributed by atoms with Gasteiger partial charge in [-0.3, -0.25) is 10.6 Å². The fourth-order valence-electron chi connectivity index (χ4n) is 0.331. The van der Waals surface area contributed by atoms with E-state index in [1.165, 1.54) is 5.01 Å². The topological polar surface area (TPSA) is 92.6 Å². The van der Waals surface area contributed by atoms with Crippen LogP contribution >= 0.6 is 0 Å². The van der Waals surface area contributed by atoms with Gasteiger partial charge in [0.2, 0.25) is 0 Å². The summed E-state index contributed by atoms with van der Waals surface area (Å²) in [4.78, 5) is 9.90. The van der Waals surface area contributed by atoms with Crippen LogP contribution in [0, 0.1) is 0 Å². The predicted molar refractivity (Wildman–Crippen MR) is 32.2 cm³/mol. The maximum atomic E-state index is 9.90. The van der Waals surface area contributed by atoms with Crippen LogP contribution in [0.15, 0.2) is 0 Å². The minimum Gasteiger partial charge on any atom is -0.481 e. The van der Waals surface area contributed by atoms with Crippen LogP contribution in [-0.4, -0.2) is 29.3 Å². The molecule has 0 spiro atoms. The molecule has 0 saturated heterocycles. The van der Waals surface area contributed by atoms with Gasteiger partial charge in [-0.15, -0.1) is 0 Å². The fraction of sp³-hybridized carbons (Fsp3) is 0.750. The SMILES string of the molecule is NCN(N)CCC(=O)O. The van der Waals surface area contributed by atoms with E-state index >= 15 is 0 Å². The zero-order chi connectivity index (χ0) is 7.28. The second-order valence-electron chi connectivity index (χ2n) is 1.64. The standard InChI is InChI=1S/C4H11N3O2/c5-3-7(6)2-1-4(8)9/h1-3,5-6H2,(H,8,9). The Morgan fingerprint density at radius 1 is 1.67 bits per heavy atom. The first kappa shape index (κ1) is 8.35. The van der Waals surface area contributed by atoms with E-state index in [0.717, 1.165) is 0 Å². The molecule has 0 aromatic heterocycles. The van der Waals surface area contributed by atoms with E-state index in [1.807, 2.05) is 0 Å². The number of hydrazine groups is 1. The molecular weight excluding hydrogens is 122 g/mol. The minimum absolute atomic E-state index is 0.0354. The van der Waals surface area contributed by atoms with Crippen LogP contribution in [0.2, 0.25) is 0 Å². The molecule has 0 aliphatic rings. The number of carboxylic acid groups (broad SMARTS) is 1. The Bertz CT molecular complexity index is 95.8. The van der Waals surface area contributed by atoms with Crippen LogP contribution in [0.3, 0.4) is 0 Å². The molecule has 0 saturated carbocycles. The van der Waals surface area contributed by atoms with Crippen LogP contribution in [0.4, 0.5) is 0 Å². The maximum Gasteiger partial charge on any atom is 0.304 e. The average Bonchev–Trinajstić information content (AvgIpc) is 1.83. The Morgan fingerprint density at radius 3 is 2.56 bits per heavy atom. The number of carboxylic acids is 1. The van der Waals surface area contributed by atoms with Crippen molar-refractivity contribution in [3.8, 4) is 0 Å². The lowest BCUT2D eigenvalue weighted by molar-refractivity contribution is -0.137. The number of nitrogens with zero attached hydrogens (tertiary/aromatic N) is 1. The van der Waals surface area contributed by atoms with Crippen LogP contribution in [-0.2, 0) is 4.79 Å². The number of rotatable bonds is 4. The lowest BCUT2D eigenvalue weighted by Crippen LogP contribution is -2.37. The van der Waals surface area contributed by atoms with E-state index in [2.05, 4.69) is 0 Å². The zero-order valence-electron chi connectivity index (χ0n) is 5.08. The van der Waals surface area contributed by atoms with Gasteiger partial charge in [0.15, 0.2) is 0 Å². The molecule has 0 fully saturated rings. The first-order chi connectivity index (χ1) is 4.16. The van der Waals surface area contributed by atoms with Gasteiger partial charge in [0.25, 0.3) is 0 Å². The Hall–Kier alpha value is -0.650. The second kappa shape index (κ2) is 4.25. The summed E-state index contributed by atoms with van der Waals surface area (Å²) in [7, 11) is 0. The molecule has 5 nitrogen and oxygen atoms in total. The van der Waals surface area contributed by atoms with Crippen molar-refractivity contribution in [2.75, 3.05) is 13.2 Å². The van der Waals surface area contributed by atoms with Crippen molar-refractivity contribution in [3.63, 3.8) is 0 Å². The Kier molecular flexibility index (Phi) is 3.94. The summed E-state index contributed by atoms with van der Waals surface area (Å²) < 4.78 is 0. The first-order valence-electron chi connectivity index (χ1n) is 2.58. The van der Waals surface area contributed by atoms with Gasteiger partial charge in [0.1, 0.15) is 0 Å². The highest BCUT2D eigenvalue weighted by Gasteiger charge is 1.98. The van der Waals surface area contributed by atoms with Gasteiger partial charge in [-0.1, -0.05) is 0 Å². The summed E-state index contributed by atoms with van der Waals surface area (Å²) in [5, 5.41) is 9.38.